The number of hydrogen-bond donors (Lipinski definition) is 1. The van der Waals surface area contributed by atoms with Gasteiger partial charge in [-0.1, -0.05) is 59.1 Å². The molecule has 5 heteroatoms. The third-order valence-corrected chi connectivity index (χ3v) is 4.70. The second-order valence-corrected chi connectivity index (χ2v) is 6.90. The molecule has 0 aliphatic rings. The van der Waals surface area contributed by atoms with E-state index in [0.717, 1.165) is 36.6 Å². The molecule has 3 rings (SSSR count). The summed E-state index contributed by atoms with van der Waals surface area (Å²) >= 11 is 3.42. The maximum atomic E-state index is 12.4. The summed E-state index contributed by atoms with van der Waals surface area (Å²) in [6, 6.07) is 14.0. The minimum atomic E-state index is -0.274. The molecule has 0 aliphatic carbocycles. The topological polar surface area (TPSA) is 59.7 Å². The molecule has 136 valence electrons. The quantitative estimate of drug-likeness (QED) is 0.389. The molecule has 3 aromatic rings. The first-order valence-electron chi connectivity index (χ1n) is 8.74. The molecule has 2 aromatic carbocycles. The van der Waals surface area contributed by atoms with Crippen molar-refractivity contribution in [2.75, 3.05) is 11.9 Å². The summed E-state index contributed by atoms with van der Waals surface area (Å²) in [6.07, 6.45) is 4.36. The summed E-state index contributed by atoms with van der Waals surface area (Å²) in [4.78, 5) is 12.4. The van der Waals surface area contributed by atoms with Crippen LogP contribution in [-0.2, 0) is 0 Å². The van der Waals surface area contributed by atoms with Gasteiger partial charge < -0.3 is 14.3 Å². The number of rotatable bonds is 8. The fraction of sp³-hybridized carbons (Fsp3) is 0.286. The van der Waals surface area contributed by atoms with Gasteiger partial charge in [0.05, 0.1) is 6.61 Å². The molecule has 0 amide bonds. The van der Waals surface area contributed by atoms with Crippen LogP contribution in [0, 0.1) is 0 Å². The van der Waals surface area contributed by atoms with Crippen molar-refractivity contribution >= 4 is 26.9 Å². The fourth-order valence-corrected chi connectivity index (χ4v) is 3.21. The van der Waals surface area contributed by atoms with Gasteiger partial charge in [0.2, 0.25) is 0 Å². The predicted molar refractivity (Wildman–Crippen MR) is 107 cm³/mol. The second-order valence-electron chi connectivity index (χ2n) is 6.11. The molecule has 0 fully saturated rings. The van der Waals surface area contributed by atoms with E-state index in [-0.39, 0.29) is 16.6 Å². The molecule has 0 atom stereocenters. The van der Waals surface area contributed by atoms with Crippen molar-refractivity contribution in [3.05, 3.63) is 58.8 Å². The van der Waals surface area contributed by atoms with E-state index in [1.165, 1.54) is 12.1 Å². The first kappa shape index (κ1) is 18.5. The average molecular weight is 417 g/mol. The Hall–Kier alpha value is -2.27. The Morgan fingerprint density at radius 1 is 1.00 bits per heavy atom. The number of alkyl halides is 1. The number of unbranched alkanes of at least 4 members (excludes halogenated alkanes) is 3. The highest BCUT2D eigenvalue weighted by Gasteiger charge is 2.12. The van der Waals surface area contributed by atoms with Gasteiger partial charge in [-0.05, 0) is 12.8 Å². The van der Waals surface area contributed by atoms with Gasteiger partial charge in [-0.2, -0.15) is 0 Å². The van der Waals surface area contributed by atoms with Crippen molar-refractivity contribution in [2.24, 2.45) is 0 Å². The number of ether oxygens (including phenoxy) is 1. The average Bonchev–Trinajstić information content (AvgIpc) is 2.64. The number of phenolic OH excluding ortho intramolecular Hbond substituents is 1. The molecular weight excluding hydrogens is 396 g/mol. The van der Waals surface area contributed by atoms with Crippen LogP contribution in [-0.4, -0.2) is 17.0 Å². The van der Waals surface area contributed by atoms with Gasteiger partial charge in [-0.15, -0.1) is 0 Å². The van der Waals surface area contributed by atoms with E-state index >= 15 is 0 Å². The monoisotopic (exact) mass is 416 g/mol. The van der Waals surface area contributed by atoms with Gasteiger partial charge in [0, 0.05) is 29.1 Å². The highest BCUT2D eigenvalue weighted by molar-refractivity contribution is 9.09. The summed E-state index contributed by atoms with van der Waals surface area (Å²) in [6.45, 7) is 0.565. The number of fused-ring (bicyclic) bond motifs is 1. The summed E-state index contributed by atoms with van der Waals surface area (Å²) in [5.41, 5.74) is 0.860. The Morgan fingerprint density at radius 2 is 1.77 bits per heavy atom. The first-order valence-corrected chi connectivity index (χ1v) is 9.86. The maximum absolute atomic E-state index is 12.4. The zero-order valence-corrected chi connectivity index (χ0v) is 16.0. The van der Waals surface area contributed by atoms with Crippen molar-refractivity contribution < 1.29 is 14.3 Å². The molecule has 0 unspecified atom stereocenters. The predicted octanol–water partition coefficient (Wildman–Crippen LogP) is 5.50. The van der Waals surface area contributed by atoms with E-state index in [2.05, 4.69) is 15.9 Å². The first-order chi connectivity index (χ1) is 12.7. The van der Waals surface area contributed by atoms with Crippen molar-refractivity contribution in [1.82, 2.24) is 0 Å². The van der Waals surface area contributed by atoms with E-state index in [4.69, 9.17) is 9.15 Å². The molecule has 1 heterocycles. The van der Waals surface area contributed by atoms with Crippen LogP contribution in [0.2, 0.25) is 0 Å². The van der Waals surface area contributed by atoms with Crippen molar-refractivity contribution in [3.8, 4) is 22.8 Å². The van der Waals surface area contributed by atoms with Crippen molar-refractivity contribution in [1.29, 1.82) is 0 Å². The van der Waals surface area contributed by atoms with Crippen LogP contribution in [0.15, 0.2) is 57.7 Å². The highest BCUT2D eigenvalue weighted by atomic mass is 79.9. The lowest BCUT2D eigenvalue weighted by atomic mass is 10.1. The van der Waals surface area contributed by atoms with Crippen LogP contribution < -0.4 is 10.2 Å². The van der Waals surface area contributed by atoms with Gasteiger partial charge >= 0.3 is 0 Å². The van der Waals surface area contributed by atoms with Gasteiger partial charge in [-0.3, -0.25) is 4.79 Å². The van der Waals surface area contributed by atoms with Crippen LogP contribution in [0.5, 0.6) is 11.5 Å². The standard InChI is InChI=1S/C21H21BrO4/c22-10-6-1-2-7-11-25-16-12-17(23)21-18(24)14-19(26-20(21)13-16)15-8-4-3-5-9-15/h3-5,8-9,12-14,23H,1-2,6-7,10-11H2. The van der Waals surface area contributed by atoms with Gasteiger partial charge in [0.15, 0.2) is 5.43 Å². The maximum Gasteiger partial charge on any atom is 0.197 e. The molecule has 0 bridgehead atoms. The molecule has 1 aromatic heterocycles. The fourth-order valence-electron chi connectivity index (χ4n) is 2.81. The molecule has 0 saturated carbocycles. The Bertz CT molecular complexity index is 918. The summed E-state index contributed by atoms with van der Waals surface area (Å²) < 4.78 is 11.6. The van der Waals surface area contributed by atoms with Crippen LogP contribution in [0.3, 0.4) is 0 Å². The molecule has 26 heavy (non-hydrogen) atoms. The van der Waals surface area contributed by atoms with Gasteiger partial charge in [-0.25, -0.2) is 0 Å². The van der Waals surface area contributed by atoms with Gasteiger partial charge in [0.1, 0.15) is 28.2 Å². The van der Waals surface area contributed by atoms with E-state index in [1.54, 1.807) is 6.07 Å². The molecule has 1 N–H and O–H groups in total. The Morgan fingerprint density at radius 3 is 2.54 bits per heavy atom. The SMILES string of the molecule is O=c1cc(-c2ccccc2)oc2cc(OCCCCCCBr)cc(O)c12. The highest BCUT2D eigenvalue weighted by Crippen LogP contribution is 2.31. The molecule has 0 spiro atoms. The van der Waals surface area contributed by atoms with Crippen LogP contribution in [0.1, 0.15) is 25.7 Å². The van der Waals surface area contributed by atoms with Crippen molar-refractivity contribution in [3.63, 3.8) is 0 Å². The lowest BCUT2D eigenvalue weighted by Crippen LogP contribution is -2.02. The number of hydrogen-bond acceptors (Lipinski definition) is 4. The van der Waals surface area contributed by atoms with Gasteiger partial charge in [0.25, 0.3) is 0 Å². The summed E-state index contributed by atoms with van der Waals surface area (Å²) in [7, 11) is 0. The minimum Gasteiger partial charge on any atom is -0.507 e. The van der Waals surface area contributed by atoms with Crippen LogP contribution >= 0.6 is 15.9 Å². The number of aromatic hydroxyl groups is 1. The Kier molecular flexibility index (Phi) is 6.34. The molecule has 4 nitrogen and oxygen atoms in total. The van der Waals surface area contributed by atoms with Crippen LogP contribution in [0.4, 0.5) is 0 Å². The largest absolute Gasteiger partial charge is 0.507 e. The number of benzene rings is 2. The smallest absolute Gasteiger partial charge is 0.197 e. The lowest BCUT2D eigenvalue weighted by Gasteiger charge is -2.09. The third-order valence-electron chi connectivity index (χ3n) is 4.14. The van der Waals surface area contributed by atoms with E-state index in [9.17, 15) is 9.90 Å². The molecule has 0 aliphatic heterocycles. The number of halogens is 1. The van der Waals surface area contributed by atoms with E-state index in [1.807, 2.05) is 30.3 Å². The van der Waals surface area contributed by atoms with E-state index < -0.39 is 0 Å². The van der Waals surface area contributed by atoms with Crippen LogP contribution in [0.25, 0.3) is 22.3 Å². The Labute approximate surface area is 160 Å². The summed E-state index contributed by atoms with van der Waals surface area (Å²) in [5, 5.41) is 11.4. The summed E-state index contributed by atoms with van der Waals surface area (Å²) in [5.74, 6) is 0.850. The lowest BCUT2D eigenvalue weighted by molar-refractivity contribution is 0.303. The van der Waals surface area contributed by atoms with E-state index in [0.29, 0.717) is 23.7 Å². The zero-order chi connectivity index (χ0) is 18.4. The van der Waals surface area contributed by atoms with Crippen molar-refractivity contribution in [2.45, 2.75) is 25.7 Å². The molecule has 0 radical (unpaired) electrons. The normalized spacial score (nSPS) is 11.0. The molecular formula is C21H21BrO4. The molecule has 0 saturated heterocycles. The minimum absolute atomic E-state index is 0.120. The number of phenols is 1. The second kappa shape index (κ2) is 8.90. The Balaban J connectivity index is 1.83. The zero-order valence-electron chi connectivity index (χ0n) is 14.4. The third kappa shape index (κ3) is 4.47.